The van der Waals surface area contributed by atoms with Crippen LogP contribution in [0.15, 0.2) is 24.3 Å². The molecule has 4 unspecified atom stereocenters. The molecule has 4 atom stereocenters. The van der Waals surface area contributed by atoms with E-state index in [0.717, 1.165) is 69.1 Å². The maximum Gasteiger partial charge on any atom is 0.197 e. The lowest BCUT2D eigenvalue weighted by atomic mass is 9.78. The Kier molecular flexibility index (Phi) is 6.63. The van der Waals surface area contributed by atoms with Gasteiger partial charge in [-0.25, -0.2) is 0 Å². The lowest BCUT2D eigenvalue weighted by Gasteiger charge is -2.40. The minimum atomic E-state index is 0.324. The van der Waals surface area contributed by atoms with Gasteiger partial charge in [0.2, 0.25) is 0 Å². The second-order valence-electron chi connectivity index (χ2n) is 11.4. The van der Waals surface area contributed by atoms with Crippen molar-refractivity contribution in [3.8, 4) is 11.8 Å². The van der Waals surface area contributed by atoms with Crippen molar-refractivity contribution in [3.05, 3.63) is 35.4 Å². The zero-order chi connectivity index (χ0) is 24.8. The van der Waals surface area contributed by atoms with Crippen molar-refractivity contribution < 1.29 is 10.2 Å². The van der Waals surface area contributed by atoms with E-state index in [0.29, 0.717) is 35.4 Å². The van der Waals surface area contributed by atoms with Crippen molar-refractivity contribution in [2.45, 2.75) is 70.8 Å². The van der Waals surface area contributed by atoms with Crippen LogP contribution in [0.5, 0.6) is 11.8 Å². The highest BCUT2D eigenvalue weighted by atomic mass is 32.1. The van der Waals surface area contributed by atoms with Gasteiger partial charge in [-0.2, -0.15) is 4.37 Å². The van der Waals surface area contributed by atoms with Crippen molar-refractivity contribution >= 4 is 27.4 Å². The van der Waals surface area contributed by atoms with E-state index in [1.807, 2.05) is 4.57 Å². The molecule has 2 fully saturated rings. The predicted octanol–water partition coefficient (Wildman–Crippen LogP) is 6.14. The van der Waals surface area contributed by atoms with E-state index < -0.39 is 0 Å². The van der Waals surface area contributed by atoms with Crippen LogP contribution in [-0.2, 0) is 6.54 Å². The number of anilines is 1. The second kappa shape index (κ2) is 9.90. The molecule has 2 aliphatic carbocycles. The predicted molar refractivity (Wildman–Crippen MR) is 148 cm³/mol. The molecule has 6 rings (SSSR count). The Labute approximate surface area is 218 Å². The molecule has 3 aromatic rings. The van der Waals surface area contributed by atoms with Gasteiger partial charge in [0.1, 0.15) is 5.82 Å². The highest BCUT2D eigenvalue weighted by Gasteiger charge is 2.38. The summed E-state index contributed by atoms with van der Waals surface area (Å²) in [6.07, 6.45) is 7.03. The maximum atomic E-state index is 11.2. The Morgan fingerprint density at radius 1 is 0.944 bits per heavy atom. The summed E-state index contributed by atoms with van der Waals surface area (Å²) in [5.74, 6) is 3.63. The molecular weight excluding hydrogens is 468 g/mol. The van der Waals surface area contributed by atoms with Crippen LogP contribution >= 0.6 is 11.5 Å². The van der Waals surface area contributed by atoms with Crippen LogP contribution in [0.3, 0.4) is 0 Å². The molecule has 3 aliphatic rings. The van der Waals surface area contributed by atoms with E-state index in [1.165, 1.54) is 35.8 Å². The third-order valence-electron chi connectivity index (χ3n) is 9.32. The molecular formula is C29H40N4O2S. The van der Waals surface area contributed by atoms with E-state index in [-0.39, 0.29) is 0 Å². The number of aromatic nitrogens is 2. The lowest BCUT2D eigenvalue weighted by molar-refractivity contribution is 0.130. The Morgan fingerprint density at radius 2 is 1.64 bits per heavy atom. The van der Waals surface area contributed by atoms with Crippen LogP contribution in [0, 0.1) is 11.8 Å². The average molecular weight is 509 g/mol. The number of piperazine rings is 1. The number of nitrogens with zero attached hydrogens (tertiary/aromatic N) is 4. The summed E-state index contributed by atoms with van der Waals surface area (Å²) >= 11 is 1.60. The number of hydrogen-bond donors (Lipinski definition) is 2. The van der Waals surface area contributed by atoms with Crippen molar-refractivity contribution in [1.29, 1.82) is 0 Å². The summed E-state index contributed by atoms with van der Waals surface area (Å²) < 4.78 is 7.90. The van der Waals surface area contributed by atoms with Gasteiger partial charge in [0.15, 0.2) is 11.8 Å². The van der Waals surface area contributed by atoms with Gasteiger partial charge in [0.05, 0.1) is 4.70 Å². The average Bonchev–Trinajstić information content (AvgIpc) is 3.55. The molecule has 194 valence electrons. The molecule has 1 aromatic carbocycles. The fourth-order valence-corrected chi connectivity index (χ4v) is 8.10. The number of rotatable bonds is 6. The molecule has 0 bridgehead atoms. The van der Waals surface area contributed by atoms with Crippen LogP contribution in [0.25, 0.3) is 10.1 Å². The molecule has 1 saturated carbocycles. The van der Waals surface area contributed by atoms with Crippen LogP contribution in [0.1, 0.15) is 75.3 Å². The normalized spacial score (nSPS) is 27.1. The van der Waals surface area contributed by atoms with Crippen molar-refractivity contribution in [1.82, 2.24) is 13.8 Å². The quantitative estimate of drug-likeness (QED) is 0.419. The molecule has 0 amide bonds. The lowest BCUT2D eigenvalue weighted by Crippen LogP contribution is -2.49. The zero-order valence-electron chi connectivity index (χ0n) is 21.7. The molecule has 2 N–H and O–H groups in total. The summed E-state index contributed by atoms with van der Waals surface area (Å²) in [6, 6.07) is 8.55. The first-order valence-electron chi connectivity index (χ1n) is 14.0. The highest BCUT2D eigenvalue weighted by molar-refractivity contribution is 7.13. The van der Waals surface area contributed by atoms with E-state index in [9.17, 15) is 10.2 Å². The van der Waals surface area contributed by atoms with Gasteiger partial charge >= 0.3 is 0 Å². The third kappa shape index (κ3) is 4.18. The van der Waals surface area contributed by atoms with E-state index in [2.05, 4.69) is 47.9 Å². The molecule has 1 aliphatic heterocycles. The first-order chi connectivity index (χ1) is 17.5. The SMILES string of the molecule is CCC1CC(C)c2c1c(O)n(CC1CCCCC1CN1CCN(c3nsc4ccccc34)CC1)c2O. The minimum absolute atomic E-state index is 0.324. The summed E-state index contributed by atoms with van der Waals surface area (Å²) in [7, 11) is 0. The molecule has 2 aromatic heterocycles. The fourth-order valence-electron chi connectivity index (χ4n) is 7.30. The number of benzene rings is 1. The van der Waals surface area contributed by atoms with E-state index in [1.54, 1.807) is 11.5 Å². The topological polar surface area (TPSA) is 64.8 Å². The van der Waals surface area contributed by atoms with Crippen LogP contribution in [-0.4, -0.2) is 56.8 Å². The van der Waals surface area contributed by atoms with Gasteiger partial charge in [-0.05, 0) is 73.0 Å². The van der Waals surface area contributed by atoms with Gasteiger partial charge in [-0.3, -0.25) is 9.47 Å². The van der Waals surface area contributed by atoms with Crippen molar-refractivity contribution in [2.75, 3.05) is 37.6 Å². The third-order valence-corrected chi connectivity index (χ3v) is 10.1. The monoisotopic (exact) mass is 508 g/mol. The molecule has 0 radical (unpaired) electrons. The van der Waals surface area contributed by atoms with Gasteiger partial charge in [-0.1, -0.05) is 38.8 Å². The number of fused-ring (bicyclic) bond motifs is 2. The highest BCUT2D eigenvalue weighted by Crippen LogP contribution is 2.53. The first kappa shape index (κ1) is 24.1. The number of aromatic hydroxyl groups is 2. The zero-order valence-corrected chi connectivity index (χ0v) is 22.5. The first-order valence-corrected chi connectivity index (χ1v) is 14.8. The molecule has 0 spiro atoms. The summed E-state index contributed by atoms with van der Waals surface area (Å²) in [4.78, 5) is 5.09. The molecule has 3 heterocycles. The molecule has 1 saturated heterocycles. The van der Waals surface area contributed by atoms with Crippen LogP contribution in [0.4, 0.5) is 5.82 Å². The Morgan fingerprint density at radius 3 is 2.39 bits per heavy atom. The van der Waals surface area contributed by atoms with Gasteiger partial charge in [0, 0.05) is 55.8 Å². The maximum absolute atomic E-state index is 11.2. The van der Waals surface area contributed by atoms with Gasteiger partial charge in [-0.15, -0.1) is 0 Å². The van der Waals surface area contributed by atoms with E-state index >= 15 is 0 Å². The Balaban J connectivity index is 1.12. The summed E-state index contributed by atoms with van der Waals surface area (Å²) in [5.41, 5.74) is 2.04. The largest absolute Gasteiger partial charge is 0.494 e. The van der Waals surface area contributed by atoms with Crippen LogP contribution < -0.4 is 4.90 Å². The van der Waals surface area contributed by atoms with Crippen LogP contribution in [0.2, 0.25) is 0 Å². The summed E-state index contributed by atoms with van der Waals surface area (Å²) in [6.45, 7) is 10.4. The van der Waals surface area contributed by atoms with Crippen molar-refractivity contribution in [3.63, 3.8) is 0 Å². The van der Waals surface area contributed by atoms with E-state index in [4.69, 9.17) is 4.37 Å². The summed E-state index contributed by atoms with van der Waals surface area (Å²) in [5, 5.41) is 23.6. The number of hydrogen-bond acceptors (Lipinski definition) is 6. The van der Waals surface area contributed by atoms with Gasteiger partial charge < -0.3 is 15.1 Å². The smallest absolute Gasteiger partial charge is 0.197 e. The molecule has 6 nitrogen and oxygen atoms in total. The Bertz CT molecular complexity index is 1210. The molecule has 36 heavy (non-hydrogen) atoms. The van der Waals surface area contributed by atoms with Crippen molar-refractivity contribution in [2.24, 2.45) is 11.8 Å². The van der Waals surface area contributed by atoms with Gasteiger partial charge in [0.25, 0.3) is 0 Å². The standard InChI is InChI=1S/C29H40N4O2S/c1-3-20-16-19(2)25-26(20)29(35)33(28(25)34)18-22-9-5-4-8-21(22)17-31-12-14-32(15-13-31)27-23-10-6-7-11-24(23)36-30-27/h6-7,10-11,19-22,34-35H,3-5,8-9,12-18H2,1-2H3. The molecule has 7 heteroatoms. The fraction of sp³-hybridized carbons (Fsp3) is 0.621. The Hall–Kier alpha value is -2.25. The minimum Gasteiger partial charge on any atom is -0.494 e. The second-order valence-corrected chi connectivity index (χ2v) is 12.2.